The smallest absolute Gasteiger partial charge is 0.262 e. The number of methoxy groups -OCH3 is 1. The summed E-state index contributed by atoms with van der Waals surface area (Å²) in [6.07, 6.45) is 4.17. The van der Waals surface area contributed by atoms with Crippen molar-refractivity contribution in [1.82, 2.24) is 9.55 Å². The number of thioether (sulfide) groups is 1. The number of aromatic nitrogens is 2. The Morgan fingerprint density at radius 3 is 2.77 bits per heavy atom. The van der Waals surface area contributed by atoms with Crippen LogP contribution in [-0.4, -0.2) is 28.3 Å². The summed E-state index contributed by atoms with van der Waals surface area (Å²) in [6.45, 7) is 1.96. The number of amides is 1. The first-order chi connectivity index (χ1) is 14.6. The summed E-state index contributed by atoms with van der Waals surface area (Å²) in [6, 6.07) is 13.2. The fraction of sp³-hybridized carbons (Fsp3) is 0.348. The number of carbonyl (C=O) groups excluding carboxylic acids is 1. The van der Waals surface area contributed by atoms with E-state index in [9.17, 15) is 9.59 Å². The molecule has 0 saturated heterocycles. The van der Waals surface area contributed by atoms with E-state index in [1.165, 1.54) is 11.8 Å². The molecule has 1 saturated carbocycles. The van der Waals surface area contributed by atoms with E-state index in [1.54, 1.807) is 11.7 Å². The molecule has 1 fully saturated rings. The van der Waals surface area contributed by atoms with E-state index in [0.29, 0.717) is 27.5 Å². The number of benzene rings is 2. The highest BCUT2D eigenvalue weighted by Gasteiger charge is 2.23. The molecule has 1 amide bonds. The molecular weight excluding hydrogens is 398 g/mol. The van der Waals surface area contributed by atoms with Crippen LogP contribution in [-0.2, 0) is 4.79 Å². The van der Waals surface area contributed by atoms with Crippen LogP contribution < -0.4 is 15.6 Å². The highest BCUT2D eigenvalue weighted by molar-refractivity contribution is 7.99. The molecular formula is C23H25N3O3S. The zero-order valence-corrected chi connectivity index (χ0v) is 18.0. The Balaban J connectivity index is 1.59. The van der Waals surface area contributed by atoms with E-state index < -0.39 is 0 Å². The molecule has 7 heteroatoms. The highest BCUT2D eigenvalue weighted by atomic mass is 32.2. The molecule has 1 aliphatic rings. The lowest BCUT2D eigenvalue weighted by Crippen LogP contribution is -2.27. The van der Waals surface area contributed by atoms with Crippen molar-refractivity contribution in [2.45, 2.75) is 43.8 Å². The van der Waals surface area contributed by atoms with Gasteiger partial charge in [-0.1, -0.05) is 42.8 Å². The van der Waals surface area contributed by atoms with E-state index in [1.807, 2.05) is 49.4 Å². The summed E-state index contributed by atoms with van der Waals surface area (Å²) in [4.78, 5) is 30.6. The molecule has 1 aromatic heterocycles. The van der Waals surface area contributed by atoms with Crippen molar-refractivity contribution in [1.29, 1.82) is 0 Å². The second-order valence-electron chi connectivity index (χ2n) is 7.57. The Bertz CT molecular complexity index is 1140. The summed E-state index contributed by atoms with van der Waals surface area (Å²) >= 11 is 1.31. The Morgan fingerprint density at radius 1 is 1.23 bits per heavy atom. The largest absolute Gasteiger partial charge is 0.495 e. The van der Waals surface area contributed by atoms with Gasteiger partial charge in [0, 0.05) is 6.04 Å². The number of hydrogen-bond donors (Lipinski definition) is 1. The molecule has 0 radical (unpaired) electrons. The number of nitrogens with zero attached hydrogens (tertiary/aromatic N) is 2. The van der Waals surface area contributed by atoms with Gasteiger partial charge in [-0.25, -0.2) is 4.98 Å². The SMILES string of the molecule is COc1ccc(C)cc1NC(=O)CSc1nc2ccccc2c(=O)n1C1CCCC1. The van der Waals surface area contributed by atoms with Crippen LogP contribution in [0.1, 0.15) is 37.3 Å². The van der Waals surface area contributed by atoms with Crippen LogP contribution in [0.5, 0.6) is 5.75 Å². The van der Waals surface area contributed by atoms with Crippen molar-refractivity contribution in [3.05, 3.63) is 58.4 Å². The molecule has 1 aliphatic carbocycles. The third kappa shape index (κ3) is 4.21. The molecule has 3 aromatic rings. The summed E-state index contributed by atoms with van der Waals surface area (Å²) in [5, 5.41) is 4.15. The second-order valence-corrected chi connectivity index (χ2v) is 8.51. The molecule has 1 N–H and O–H groups in total. The van der Waals surface area contributed by atoms with E-state index >= 15 is 0 Å². The molecule has 2 aromatic carbocycles. The van der Waals surface area contributed by atoms with Crippen molar-refractivity contribution in [2.24, 2.45) is 0 Å². The number of aryl methyl sites for hydroxylation is 1. The number of hydrogen-bond acceptors (Lipinski definition) is 5. The van der Waals surface area contributed by atoms with Gasteiger partial charge in [0.25, 0.3) is 5.56 Å². The van der Waals surface area contributed by atoms with Crippen molar-refractivity contribution >= 4 is 34.3 Å². The van der Waals surface area contributed by atoms with E-state index in [2.05, 4.69) is 5.32 Å². The van der Waals surface area contributed by atoms with Gasteiger partial charge in [0.05, 0.1) is 29.5 Å². The second kappa shape index (κ2) is 8.92. The average Bonchev–Trinajstić information content (AvgIpc) is 3.27. The Morgan fingerprint density at radius 2 is 2.00 bits per heavy atom. The third-order valence-corrected chi connectivity index (χ3v) is 6.38. The monoisotopic (exact) mass is 423 g/mol. The molecule has 4 rings (SSSR count). The van der Waals surface area contributed by atoms with Crippen LogP contribution >= 0.6 is 11.8 Å². The maximum absolute atomic E-state index is 13.2. The number of para-hydroxylation sites is 1. The van der Waals surface area contributed by atoms with E-state index in [-0.39, 0.29) is 23.3 Å². The molecule has 156 valence electrons. The van der Waals surface area contributed by atoms with E-state index in [4.69, 9.17) is 9.72 Å². The lowest BCUT2D eigenvalue weighted by Gasteiger charge is -2.18. The maximum Gasteiger partial charge on any atom is 0.262 e. The molecule has 6 nitrogen and oxygen atoms in total. The fourth-order valence-electron chi connectivity index (χ4n) is 3.95. The first kappa shape index (κ1) is 20.5. The minimum Gasteiger partial charge on any atom is -0.495 e. The molecule has 1 heterocycles. The number of fused-ring (bicyclic) bond motifs is 1. The molecule has 30 heavy (non-hydrogen) atoms. The minimum atomic E-state index is -0.163. The van der Waals surface area contributed by atoms with Crippen LogP contribution in [0.2, 0.25) is 0 Å². The van der Waals surface area contributed by atoms with Gasteiger partial charge >= 0.3 is 0 Å². The number of nitrogens with one attached hydrogen (secondary N) is 1. The first-order valence-corrected chi connectivity index (χ1v) is 11.1. The Labute approximate surface area is 179 Å². The lowest BCUT2D eigenvalue weighted by molar-refractivity contribution is -0.113. The van der Waals surface area contributed by atoms with Gasteiger partial charge in [-0.2, -0.15) is 0 Å². The van der Waals surface area contributed by atoms with Crippen molar-refractivity contribution in [2.75, 3.05) is 18.2 Å². The average molecular weight is 424 g/mol. The standard InChI is InChI=1S/C23H25N3O3S/c1-15-11-12-20(29-2)19(13-15)24-21(27)14-30-23-25-18-10-6-5-9-17(18)22(28)26(23)16-7-3-4-8-16/h5-6,9-13,16H,3-4,7-8,14H2,1-2H3,(H,24,27). The molecule has 0 unspecified atom stereocenters. The van der Waals surface area contributed by atoms with Gasteiger partial charge in [0.1, 0.15) is 5.75 Å². The zero-order chi connectivity index (χ0) is 21.1. The normalized spacial score (nSPS) is 14.2. The van der Waals surface area contributed by atoms with Crippen LogP contribution in [0.3, 0.4) is 0 Å². The first-order valence-electron chi connectivity index (χ1n) is 10.2. The van der Waals surface area contributed by atoms with Crippen molar-refractivity contribution < 1.29 is 9.53 Å². The molecule has 0 spiro atoms. The van der Waals surface area contributed by atoms with E-state index in [0.717, 1.165) is 31.2 Å². The molecule has 0 aliphatic heterocycles. The lowest BCUT2D eigenvalue weighted by atomic mass is 10.2. The number of ether oxygens (including phenoxy) is 1. The quantitative estimate of drug-likeness (QED) is 0.465. The van der Waals surface area contributed by atoms with Gasteiger partial charge in [-0.3, -0.25) is 14.2 Å². The van der Waals surface area contributed by atoms with Crippen molar-refractivity contribution in [3.8, 4) is 5.75 Å². The summed E-state index contributed by atoms with van der Waals surface area (Å²) in [5.41, 5.74) is 2.32. The van der Waals surface area contributed by atoms with Gasteiger partial charge in [0.15, 0.2) is 5.16 Å². The number of anilines is 1. The number of rotatable bonds is 6. The third-order valence-electron chi connectivity index (χ3n) is 5.43. The molecule has 0 bridgehead atoms. The minimum absolute atomic E-state index is 0.0178. The summed E-state index contributed by atoms with van der Waals surface area (Å²) in [7, 11) is 1.58. The highest BCUT2D eigenvalue weighted by Crippen LogP contribution is 2.32. The predicted octanol–water partition coefficient (Wildman–Crippen LogP) is 4.56. The topological polar surface area (TPSA) is 73.2 Å². The van der Waals surface area contributed by atoms with Crippen LogP contribution in [0.4, 0.5) is 5.69 Å². The Hall–Kier alpha value is -2.80. The van der Waals surface area contributed by atoms with Crippen LogP contribution in [0, 0.1) is 6.92 Å². The Kier molecular flexibility index (Phi) is 6.08. The molecule has 0 atom stereocenters. The summed E-state index contributed by atoms with van der Waals surface area (Å²) in [5.74, 6) is 0.615. The van der Waals surface area contributed by atoms with Gasteiger partial charge in [-0.05, 0) is 49.6 Å². The van der Waals surface area contributed by atoms with Crippen molar-refractivity contribution in [3.63, 3.8) is 0 Å². The zero-order valence-electron chi connectivity index (χ0n) is 17.2. The van der Waals surface area contributed by atoms with Crippen LogP contribution in [0.15, 0.2) is 52.4 Å². The predicted molar refractivity (Wildman–Crippen MR) is 121 cm³/mol. The fourth-order valence-corrected chi connectivity index (χ4v) is 4.81. The summed E-state index contributed by atoms with van der Waals surface area (Å²) < 4.78 is 7.14. The number of carbonyl (C=O) groups is 1. The van der Waals surface area contributed by atoms with Gasteiger partial charge in [-0.15, -0.1) is 0 Å². The van der Waals surface area contributed by atoms with Crippen LogP contribution in [0.25, 0.3) is 10.9 Å². The maximum atomic E-state index is 13.2. The van der Waals surface area contributed by atoms with Gasteiger partial charge in [0.2, 0.25) is 5.91 Å². The van der Waals surface area contributed by atoms with Gasteiger partial charge < -0.3 is 10.1 Å².